The lowest BCUT2D eigenvalue weighted by Crippen LogP contribution is -2.19. The second-order valence-electron chi connectivity index (χ2n) is 5.11. The van der Waals surface area contributed by atoms with E-state index in [1.807, 2.05) is 60.7 Å². The van der Waals surface area contributed by atoms with Gasteiger partial charge in [-0.05, 0) is 18.1 Å². The normalized spacial score (nSPS) is 11.2. The first-order chi connectivity index (χ1) is 11.8. The van der Waals surface area contributed by atoms with Crippen LogP contribution >= 0.6 is 0 Å². The standard InChI is InChI=1S/C20H20N2O2/c1-2-24-20(23)18(13-14-21)19(17-11-7-4-8-12-17)22-15-16-9-5-3-6-10-16/h3-12,22H,2,13,15H2,1H3/b19-18-. The molecule has 4 nitrogen and oxygen atoms in total. The minimum Gasteiger partial charge on any atom is -0.463 e. The van der Waals surface area contributed by atoms with Gasteiger partial charge < -0.3 is 10.1 Å². The van der Waals surface area contributed by atoms with Gasteiger partial charge in [-0.15, -0.1) is 0 Å². The number of hydrogen-bond donors (Lipinski definition) is 1. The van der Waals surface area contributed by atoms with E-state index in [1.54, 1.807) is 6.92 Å². The minimum absolute atomic E-state index is 0.00908. The van der Waals surface area contributed by atoms with Gasteiger partial charge in [0.15, 0.2) is 0 Å². The van der Waals surface area contributed by atoms with Crippen LogP contribution in [-0.4, -0.2) is 12.6 Å². The summed E-state index contributed by atoms with van der Waals surface area (Å²) in [4.78, 5) is 12.3. The maximum atomic E-state index is 12.3. The van der Waals surface area contributed by atoms with Gasteiger partial charge >= 0.3 is 5.97 Å². The molecule has 0 aliphatic carbocycles. The van der Waals surface area contributed by atoms with Crippen LogP contribution < -0.4 is 5.32 Å². The van der Waals surface area contributed by atoms with Crippen LogP contribution in [0.4, 0.5) is 0 Å². The van der Waals surface area contributed by atoms with E-state index >= 15 is 0 Å². The molecule has 0 aliphatic heterocycles. The molecule has 0 aliphatic rings. The van der Waals surface area contributed by atoms with Gasteiger partial charge in [-0.1, -0.05) is 60.7 Å². The fourth-order valence-electron chi connectivity index (χ4n) is 2.33. The molecule has 24 heavy (non-hydrogen) atoms. The highest BCUT2D eigenvalue weighted by Gasteiger charge is 2.18. The summed E-state index contributed by atoms with van der Waals surface area (Å²) >= 11 is 0. The van der Waals surface area contributed by atoms with Crippen molar-refractivity contribution in [3.8, 4) is 6.07 Å². The van der Waals surface area contributed by atoms with E-state index in [2.05, 4.69) is 11.4 Å². The Morgan fingerprint density at radius 3 is 2.29 bits per heavy atom. The zero-order valence-corrected chi connectivity index (χ0v) is 13.7. The lowest BCUT2D eigenvalue weighted by atomic mass is 10.0. The Balaban J connectivity index is 2.38. The van der Waals surface area contributed by atoms with Gasteiger partial charge in [0, 0.05) is 6.54 Å². The fourth-order valence-corrected chi connectivity index (χ4v) is 2.33. The SMILES string of the molecule is CCOC(=O)/C(CC#N)=C(\NCc1ccccc1)c1ccccc1. The third-order valence-corrected chi connectivity index (χ3v) is 3.45. The third-order valence-electron chi connectivity index (χ3n) is 3.45. The van der Waals surface area contributed by atoms with Crippen molar-refractivity contribution in [2.45, 2.75) is 19.9 Å². The van der Waals surface area contributed by atoms with Crippen molar-refractivity contribution in [1.29, 1.82) is 5.26 Å². The molecule has 0 amide bonds. The van der Waals surface area contributed by atoms with Crippen molar-refractivity contribution in [2.24, 2.45) is 0 Å². The molecule has 0 bridgehead atoms. The number of esters is 1. The molecular formula is C20H20N2O2. The summed E-state index contributed by atoms with van der Waals surface area (Å²) in [6, 6.07) is 21.5. The van der Waals surface area contributed by atoms with Crippen LogP contribution in [0.1, 0.15) is 24.5 Å². The van der Waals surface area contributed by atoms with Gasteiger partial charge in [-0.2, -0.15) is 5.26 Å². The zero-order valence-electron chi connectivity index (χ0n) is 13.7. The summed E-state index contributed by atoms with van der Waals surface area (Å²) in [5.74, 6) is -0.460. The number of rotatable bonds is 7. The topological polar surface area (TPSA) is 62.1 Å². The van der Waals surface area contributed by atoms with Crippen molar-refractivity contribution in [1.82, 2.24) is 5.32 Å². The summed E-state index contributed by atoms with van der Waals surface area (Å²) in [5.41, 5.74) is 2.93. The first-order valence-corrected chi connectivity index (χ1v) is 7.86. The number of ether oxygens (including phenoxy) is 1. The predicted molar refractivity (Wildman–Crippen MR) is 93.5 cm³/mol. The number of benzene rings is 2. The third kappa shape index (κ3) is 4.72. The number of carbonyl (C=O) groups excluding carboxylic acids is 1. The number of nitrogens with one attached hydrogen (secondary N) is 1. The van der Waals surface area contributed by atoms with Gasteiger partial charge in [-0.25, -0.2) is 4.79 Å². The number of nitriles is 1. The van der Waals surface area contributed by atoms with Crippen LogP contribution in [0.15, 0.2) is 66.2 Å². The van der Waals surface area contributed by atoms with E-state index in [0.717, 1.165) is 11.1 Å². The van der Waals surface area contributed by atoms with E-state index in [1.165, 1.54) is 0 Å². The van der Waals surface area contributed by atoms with Crippen molar-refractivity contribution in [3.05, 3.63) is 77.4 Å². The summed E-state index contributed by atoms with van der Waals surface area (Å²) in [7, 11) is 0. The van der Waals surface area contributed by atoms with Crippen molar-refractivity contribution in [2.75, 3.05) is 6.61 Å². The summed E-state index contributed by atoms with van der Waals surface area (Å²) in [5, 5.41) is 12.4. The van der Waals surface area contributed by atoms with Crippen molar-refractivity contribution in [3.63, 3.8) is 0 Å². The molecule has 0 spiro atoms. The van der Waals surface area contributed by atoms with Crippen LogP contribution in [-0.2, 0) is 16.1 Å². The van der Waals surface area contributed by atoms with Crippen LogP contribution in [0, 0.1) is 11.3 Å². The van der Waals surface area contributed by atoms with Gasteiger partial charge in [0.05, 0.1) is 30.4 Å². The largest absolute Gasteiger partial charge is 0.463 e. The Labute approximate surface area is 142 Å². The Bertz CT molecular complexity index is 731. The second kappa shape index (κ2) is 9.16. The smallest absolute Gasteiger partial charge is 0.337 e. The van der Waals surface area contributed by atoms with E-state index in [9.17, 15) is 4.79 Å². The molecule has 0 aromatic heterocycles. The molecule has 2 rings (SSSR count). The number of hydrogen-bond acceptors (Lipinski definition) is 4. The molecule has 2 aromatic carbocycles. The molecule has 0 fully saturated rings. The number of carbonyl (C=O) groups is 1. The Kier molecular flexibility index (Phi) is 6.60. The van der Waals surface area contributed by atoms with Crippen molar-refractivity contribution >= 4 is 11.7 Å². The molecule has 0 unspecified atom stereocenters. The highest BCUT2D eigenvalue weighted by atomic mass is 16.5. The summed E-state index contributed by atoms with van der Waals surface area (Å²) in [6.45, 7) is 2.58. The highest BCUT2D eigenvalue weighted by Crippen LogP contribution is 2.20. The molecular weight excluding hydrogens is 300 g/mol. The Morgan fingerprint density at radius 1 is 1.08 bits per heavy atom. The average Bonchev–Trinajstić information content (AvgIpc) is 2.63. The molecule has 0 radical (unpaired) electrons. The molecule has 2 aromatic rings. The average molecular weight is 320 g/mol. The van der Waals surface area contributed by atoms with Crippen LogP contribution in [0.2, 0.25) is 0 Å². The lowest BCUT2D eigenvalue weighted by molar-refractivity contribution is -0.138. The van der Waals surface area contributed by atoms with Crippen molar-refractivity contribution < 1.29 is 9.53 Å². The summed E-state index contributed by atoms with van der Waals surface area (Å²) in [6.07, 6.45) is -0.00908. The zero-order chi connectivity index (χ0) is 17.2. The molecule has 0 heterocycles. The van der Waals surface area contributed by atoms with Crippen LogP contribution in [0.25, 0.3) is 5.70 Å². The van der Waals surface area contributed by atoms with Crippen LogP contribution in [0.3, 0.4) is 0 Å². The quantitative estimate of drug-likeness (QED) is 0.624. The first-order valence-electron chi connectivity index (χ1n) is 7.86. The van der Waals surface area contributed by atoms with Gasteiger partial charge in [-0.3, -0.25) is 0 Å². The lowest BCUT2D eigenvalue weighted by Gasteiger charge is -2.16. The minimum atomic E-state index is -0.460. The molecule has 0 atom stereocenters. The van der Waals surface area contributed by atoms with Gasteiger partial charge in [0.25, 0.3) is 0 Å². The van der Waals surface area contributed by atoms with Gasteiger partial charge in [0.1, 0.15) is 0 Å². The molecule has 0 saturated heterocycles. The van der Waals surface area contributed by atoms with E-state index in [0.29, 0.717) is 17.8 Å². The fraction of sp³-hybridized carbons (Fsp3) is 0.200. The van der Waals surface area contributed by atoms with E-state index in [4.69, 9.17) is 10.00 Å². The molecule has 1 N–H and O–H groups in total. The number of nitrogens with zero attached hydrogens (tertiary/aromatic N) is 1. The first kappa shape index (κ1) is 17.3. The van der Waals surface area contributed by atoms with Gasteiger partial charge in [0.2, 0.25) is 0 Å². The molecule has 122 valence electrons. The summed E-state index contributed by atoms with van der Waals surface area (Å²) < 4.78 is 5.12. The van der Waals surface area contributed by atoms with Crippen LogP contribution in [0.5, 0.6) is 0 Å². The highest BCUT2D eigenvalue weighted by molar-refractivity contribution is 5.97. The predicted octanol–water partition coefficient (Wildman–Crippen LogP) is 3.66. The second-order valence-corrected chi connectivity index (χ2v) is 5.11. The Hall–Kier alpha value is -3.06. The van der Waals surface area contributed by atoms with E-state index in [-0.39, 0.29) is 13.0 Å². The maximum absolute atomic E-state index is 12.3. The maximum Gasteiger partial charge on any atom is 0.337 e. The molecule has 0 saturated carbocycles. The monoisotopic (exact) mass is 320 g/mol. The van der Waals surface area contributed by atoms with E-state index < -0.39 is 5.97 Å². The Morgan fingerprint density at radius 2 is 1.71 bits per heavy atom. The molecule has 4 heteroatoms.